The van der Waals surface area contributed by atoms with Crippen molar-refractivity contribution in [2.24, 2.45) is 0 Å². The van der Waals surface area contributed by atoms with Crippen LogP contribution in [0.2, 0.25) is 19.1 Å². The molecule has 12 heavy (non-hydrogen) atoms. The van der Waals surface area contributed by atoms with Crippen molar-refractivity contribution in [3.8, 4) is 0 Å². The van der Waals surface area contributed by atoms with Crippen LogP contribution >= 0.6 is 0 Å². The molecule has 0 spiro atoms. The third-order valence-corrected chi connectivity index (χ3v) is 4.90. The van der Waals surface area contributed by atoms with E-state index in [1.54, 1.807) is 6.92 Å². The molecular formula is C10H20OSi. The van der Waals surface area contributed by atoms with Crippen LogP contribution in [0.25, 0.3) is 0 Å². The number of rotatable bonds is 6. The first-order valence-corrected chi connectivity index (χ1v) is 7.89. The number of unbranched alkanes of at least 4 members (excludes halogenated alkanes) is 1. The fraction of sp³-hybridized carbons (Fsp3) is 0.700. The molecule has 0 bridgehead atoms. The van der Waals surface area contributed by atoms with Gasteiger partial charge in [-0.1, -0.05) is 25.6 Å². The molecule has 0 aliphatic rings. The van der Waals surface area contributed by atoms with Crippen molar-refractivity contribution in [2.75, 3.05) is 0 Å². The van der Waals surface area contributed by atoms with Crippen molar-refractivity contribution in [2.45, 2.75) is 45.3 Å². The number of carbonyl (C=O) groups is 1. The molecule has 2 heteroatoms. The third kappa shape index (κ3) is 6.34. The molecule has 0 saturated heterocycles. The standard InChI is InChI=1S/C10H20OSi/c1-5-12(3,4)9-7-6-8-10(2)11/h5H,1,6-9H2,2-4H3. The van der Waals surface area contributed by atoms with Gasteiger partial charge < -0.3 is 4.79 Å². The fourth-order valence-corrected chi connectivity index (χ4v) is 2.42. The SMILES string of the molecule is C=C[Si](C)(C)CCCCC(C)=O. The molecule has 0 radical (unpaired) electrons. The van der Waals surface area contributed by atoms with E-state index in [0.717, 1.165) is 12.8 Å². The highest BCUT2D eigenvalue weighted by Gasteiger charge is 2.14. The number of carbonyl (C=O) groups excluding carboxylic acids is 1. The van der Waals surface area contributed by atoms with Gasteiger partial charge in [-0.15, -0.1) is 12.3 Å². The molecule has 0 amide bonds. The van der Waals surface area contributed by atoms with Gasteiger partial charge in [0.2, 0.25) is 0 Å². The lowest BCUT2D eigenvalue weighted by Crippen LogP contribution is -2.21. The molecule has 0 aliphatic carbocycles. The smallest absolute Gasteiger partial charge is 0.129 e. The van der Waals surface area contributed by atoms with E-state index in [9.17, 15) is 4.79 Å². The van der Waals surface area contributed by atoms with Crippen molar-refractivity contribution in [3.05, 3.63) is 12.3 Å². The Hall–Kier alpha value is -0.373. The van der Waals surface area contributed by atoms with E-state index in [-0.39, 0.29) is 0 Å². The Balaban J connectivity index is 3.43. The summed E-state index contributed by atoms with van der Waals surface area (Å²) in [5.41, 5.74) is 2.13. The van der Waals surface area contributed by atoms with Gasteiger partial charge in [0, 0.05) is 6.42 Å². The first-order chi connectivity index (χ1) is 5.48. The van der Waals surface area contributed by atoms with Gasteiger partial charge in [-0.2, -0.15) is 0 Å². The van der Waals surface area contributed by atoms with Crippen LogP contribution in [0.5, 0.6) is 0 Å². The summed E-state index contributed by atoms with van der Waals surface area (Å²) in [6.45, 7) is 10.1. The lowest BCUT2D eigenvalue weighted by Gasteiger charge is -2.15. The fourth-order valence-electron chi connectivity index (χ4n) is 1.06. The molecule has 0 heterocycles. The average molecular weight is 184 g/mol. The summed E-state index contributed by atoms with van der Waals surface area (Å²) in [6.07, 6.45) is 2.99. The topological polar surface area (TPSA) is 17.1 Å². The molecule has 0 rings (SSSR count). The van der Waals surface area contributed by atoms with Crippen LogP contribution in [0, 0.1) is 0 Å². The molecule has 0 aromatic carbocycles. The normalized spacial score (nSPS) is 11.2. The Kier molecular flexibility index (Phi) is 5.14. The van der Waals surface area contributed by atoms with Crippen LogP contribution in [0.15, 0.2) is 12.3 Å². The van der Waals surface area contributed by atoms with Crippen molar-refractivity contribution in [3.63, 3.8) is 0 Å². The van der Waals surface area contributed by atoms with Gasteiger partial charge in [0.05, 0.1) is 8.07 Å². The maximum absolute atomic E-state index is 10.6. The van der Waals surface area contributed by atoms with Crippen LogP contribution in [0.4, 0.5) is 0 Å². The van der Waals surface area contributed by atoms with Crippen LogP contribution in [0.1, 0.15) is 26.2 Å². The maximum atomic E-state index is 10.6. The molecule has 0 aromatic rings. The minimum atomic E-state index is -1.10. The minimum absolute atomic E-state index is 0.313. The molecule has 0 fully saturated rings. The zero-order valence-corrected chi connectivity index (χ0v) is 9.52. The maximum Gasteiger partial charge on any atom is 0.129 e. The van der Waals surface area contributed by atoms with Crippen LogP contribution in [-0.2, 0) is 4.79 Å². The van der Waals surface area contributed by atoms with Crippen LogP contribution in [-0.4, -0.2) is 13.9 Å². The predicted molar refractivity (Wildman–Crippen MR) is 57.0 cm³/mol. The van der Waals surface area contributed by atoms with Gasteiger partial charge in [0.1, 0.15) is 5.78 Å². The molecule has 0 N–H and O–H groups in total. The van der Waals surface area contributed by atoms with E-state index in [0.29, 0.717) is 5.78 Å². The second kappa shape index (κ2) is 5.30. The lowest BCUT2D eigenvalue weighted by molar-refractivity contribution is -0.117. The Morgan fingerprint density at radius 1 is 1.42 bits per heavy atom. The predicted octanol–water partition coefficient (Wildman–Crippen LogP) is 3.18. The average Bonchev–Trinajstić information content (AvgIpc) is 1.98. The highest BCUT2D eigenvalue weighted by atomic mass is 28.3. The molecule has 0 aliphatic heterocycles. The highest BCUT2D eigenvalue weighted by Crippen LogP contribution is 2.15. The summed E-state index contributed by atoms with van der Waals surface area (Å²) in [5.74, 6) is 0.313. The van der Waals surface area contributed by atoms with E-state index in [1.165, 1.54) is 12.5 Å². The minimum Gasteiger partial charge on any atom is -0.300 e. The summed E-state index contributed by atoms with van der Waals surface area (Å²) < 4.78 is 0. The largest absolute Gasteiger partial charge is 0.300 e. The second-order valence-corrected chi connectivity index (χ2v) is 8.99. The Morgan fingerprint density at radius 3 is 2.42 bits per heavy atom. The number of Topliss-reactive ketones (excluding diaryl/α,β-unsaturated/α-hetero) is 1. The number of ketones is 1. The first-order valence-electron chi connectivity index (χ1n) is 4.61. The van der Waals surface area contributed by atoms with Gasteiger partial charge >= 0.3 is 0 Å². The van der Waals surface area contributed by atoms with E-state index < -0.39 is 8.07 Å². The molecule has 0 atom stereocenters. The van der Waals surface area contributed by atoms with Gasteiger partial charge in [0.15, 0.2) is 0 Å². The summed E-state index contributed by atoms with van der Waals surface area (Å²) in [4.78, 5) is 10.6. The zero-order chi connectivity index (χ0) is 9.61. The molecular weight excluding hydrogens is 164 g/mol. The van der Waals surface area contributed by atoms with Gasteiger partial charge in [-0.05, 0) is 13.3 Å². The monoisotopic (exact) mass is 184 g/mol. The second-order valence-electron chi connectivity index (χ2n) is 4.10. The molecule has 0 aromatic heterocycles. The molecule has 70 valence electrons. The number of hydrogen-bond donors (Lipinski definition) is 0. The van der Waals surface area contributed by atoms with Gasteiger partial charge in [-0.25, -0.2) is 0 Å². The van der Waals surface area contributed by atoms with Gasteiger partial charge in [0.25, 0.3) is 0 Å². The van der Waals surface area contributed by atoms with Crippen molar-refractivity contribution in [1.82, 2.24) is 0 Å². The molecule has 1 nitrogen and oxygen atoms in total. The van der Waals surface area contributed by atoms with E-state index >= 15 is 0 Å². The Bertz CT molecular complexity index is 161. The summed E-state index contributed by atoms with van der Waals surface area (Å²) >= 11 is 0. The molecule has 0 unspecified atom stereocenters. The lowest BCUT2D eigenvalue weighted by atomic mass is 10.2. The summed E-state index contributed by atoms with van der Waals surface area (Å²) in [5, 5.41) is 0. The summed E-state index contributed by atoms with van der Waals surface area (Å²) in [7, 11) is -1.10. The van der Waals surface area contributed by atoms with E-state index in [4.69, 9.17) is 0 Å². The molecule has 0 saturated carbocycles. The summed E-state index contributed by atoms with van der Waals surface area (Å²) in [6, 6.07) is 1.27. The third-order valence-electron chi connectivity index (χ3n) is 2.15. The van der Waals surface area contributed by atoms with Gasteiger partial charge in [-0.3, -0.25) is 0 Å². The van der Waals surface area contributed by atoms with Crippen molar-refractivity contribution >= 4 is 13.9 Å². The first kappa shape index (κ1) is 11.6. The van der Waals surface area contributed by atoms with Crippen molar-refractivity contribution in [1.29, 1.82) is 0 Å². The van der Waals surface area contributed by atoms with Crippen LogP contribution in [0.3, 0.4) is 0 Å². The van der Waals surface area contributed by atoms with Crippen LogP contribution < -0.4 is 0 Å². The van der Waals surface area contributed by atoms with Crippen molar-refractivity contribution < 1.29 is 4.79 Å². The Morgan fingerprint density at radius 2 is 2.00 bits per heavy atom. The Labute approximate surface area is 76.9 Å². The zero-order valence-electron chi connectivity index (χ0n) is 8.52. The highest BCUT2D eigenvalue weighted by molar-refractivity contribution is 6.82. The number of hydrogen-bond acceptors (Lipinski definition) is 1. The quantitative estimate of drug-likeness (QED) is 0.458. The van der Waals surface area contributed by atoms with E-state index in [1.807, 2.05) is 0 Å². The van der Waals surface area contributed by atoms with E-state index in [2.05, 4.69) is 25.4 Å².